The van der Waals surface area contributed by atoms with Crippen molar-refractivity contribution >= 4 is 0 Å². The molecule has 0 saturated heterocycles. The molecule has 0 spiro atoms. The third kappa shape index (κ3) is 2.02. The first-order chi connectivity index (χ1) is 6.68. The summed E-state index contributed by atoms with van der Waals surface area (Å²) in [4.78, 5) is 0. The maximum Gasteiger partial charge on any atom is 0.123 e. The Morgan fingerprint density at radius 2 is 2.00 bits per heavy atom. The highest BCUT2D eigenvalue weighted by molar-refractivity contribution is 5.23. The van der Waals surface area contributed by atoms with Crippen LogP contribution in [0.2, 0.25) is 0 Å². The molecule has 1 aliphatic rings. The maximum atomic E-state index is 12.7. The highest BCUT2D eigenvalue weighted by Gasteiger charge is 2.24. The van der Waals surface area contributed by atoms with Crippen LogP contribution in [0.1, 0.15) is 18.4 Å². The quantitative estimate of drug-likeness (QED) is 0.714. The van der Waals surface area contributed by atoms with Gasteiger partial charge in [0.2, 0.25) is 0 Å². The largest absolute Gasteiger partial charge is 0.322 e. The molecule has 1 aromatic carbocycles. The van der Waals surface area contributed by atoms with Gasteiger partial charge in [0.25, 0.3) is 0 Å². The Bertz CT molecular complexity index is 342. The zero-order chi connectivity index (χ0) is 10.0. The topological polar surface area (TPSA) is 26.0 Å². The van der Waals surface area contributed by atoms with Crippen LogP contribution in [0.15, 0.2) is 36.4 Å². The van der Waals surface area contributed by atoms with E-state index in [-0.39, 0.29) is 11.4 Å². The summed E-state index contributed by atoms with van der Waals surface area (Å²) in [7, 11) is 0. The van der Waals surface area contributed by atoms with Gasteiger partial charge in [0.1, 0.15) is 5.82 Å². The molecule has 0 amide bonds. The zero-order valence-electron chi connectivity index (χ0n) is 8.04. The van der Waals surface area contributed by atoms with Gasteiger partial charge in [0, 0.05) is 5.54 Å². The van der Waals surface area contributed by atoms with E-state index in [0.717, 1.165) is 24.8 Å². The van der Waals surface area contributed by atoms with Gasteiger partial charge in [0.15, 0.2) is 0 Å². The second kappa shape index (κ2) is 3.54. The summed E-state index contributed by atoms with van der Waals surface area (Å²) >= 11 is 0. The molecular weight excluding hydrogens is 177 g/mol. The number of hydrogen-bond acceptors (Lipinski definition) is 1. The van der Waals surface area contributed by atoms with Crippen molar-refractivity contribution in [1.82, 2.24) is 0 Å². The summed E-state index contributed by atoms with van der Waals surface area (Å²) < 4.78 is 12.7. The number of rotatable bonds is 2. The fourth-order valence-corrected chi connectivity index (χ4v) is 1.88. The molecule has 2 N–H and O–H groups in total. The van der Waals surface area contributed by atoms with Crippen molar-refractivity contribution in [2.45, 2.75) is 24.8 Å². The second-order valence-electron chi connectivity index (χ2n) is 3.98. The normalized spacial score (nSPS) is 25.6. The van der Waals surface area contributed by atoms with Crippen LogP contribution in [-0.4, -0.2) is 5.54 Å². The Kier molecular flexibility index (Phi) is 2.38. The van der Waals surface area contributed by atoms with Crippen molar-refractivity contribution in [3.63, 3.8) is 0 Å². The molecule has 0 fully saturated rings. The van der Waals surface area contributed by atoms with Crippen LogP contribution in [0, 0.1) is 5.82 Å². The lowest BCUT2D eigenvalue weighted by atomic mass is 9.91. The summed E-state index contributed by atoms with van der Waals surface area (Å²) in [5.74, 6) is -0.193. The van der Waals surface area contributed by atoms with Gasteiger partial charge in [-0.3, -0.25) is 0 Å². The summed E-state index contributed by atoms with van der Waals surface area (Å²) in [6.07, 6.45) is 7.02. The van der Waals surface area contributed by atoms with Crippen LogP contribution in [0.25, 0.3) is 0 Å². The minimum Gasteiger partial charge on any atom is -0.322 e. The number of nitrogens with two attached hydrogens (primary N) is 1. The average Bonchev–Trinajstić information content (AvgIpc) is 2.57. The monoisotopic (exact) mass is 191 g/mol. The molecule has 0 aromatic heterocycles. The summed E-state index contributed by atoms with van der Waals surface area (Å²) in [6, 6.07) is 6.57. The van der Waals surface area contributed by atoms with E-state index in [2.05, 4.69) is 12.2 Å². The van der Waals surface area contributed by atoms with Crippen LogP contribution in [-0.2, 0) is 6.42 Å². The maximum absolute atomic E-state index is 12.7. The molecule has 1 nitrogen and oxygen atoms in total. The first-order valence-electron chi connectivity index (χ1n) is 4.89. The SMILES string of the molecule is NC1(Cc2ccc(F)cc2)C=CCC1. The number of halogens is 1. The lowest BCUT2D eigenvalue weighted by molar-refractivity contribution is 0.513. The molecule has 14 heavy (non-hydrogen) atoms. The molecule has 1 aromatic rings. The molecule has 1 atom stereocenters. The highest BCUT2D eigenvalue weighted by atomic mass is 19.1. The Balaban J connectivity index is 2.10. The van der Waals surface area contributed by atoms with Crippen LogP contribution in [0.4, 0.5) is 4.39 Å². The van der Waals surface area contributed by atoms with Gasteiger partial charge in [-0.05, 0) is 37.0 Å². The average molecular weight is 191 g/mol. The van der Waals surface area contributed by atoms with Crippen LogP contribution in [0.3, 0.4) is 0 Å². The lowest BCUT2D eigenvalue weighted by Crippen LogP contribution is -2.37. The van der Waals surface area contributed by atoms with Crippen molar-refractivity contribution in [2.75, 3.05) is 0 Å². The standard InChI is InChI=1S/C12H14FN/c13-11-5-3-10(4-6-11)9-12(14)7-1-2-8-12/h1,3-7H,2,8-9,14H2. The van der Waals surface area contributed by atoms with E-state index in [1.54, 1.807) is 12.1 Å². The molecule has 0 saturated carbocycles. The van der Waals surface area contributed by atoms with Crippen molar-refractivity contribution in [2.24, 2.45) is 5.73 Å². The minimum atomic E-state index is -0.210. The van der Waals surface area contributed by atoms with E-state index in [4.69, 9.17) is 5.73 Å². The lowest BCUT2D eigenvalue weighted by Gasteiger charge is -2.21. The first kappa shape index (κ1) is 9.41. The van der Waals surface area contributed by atoms with Crippen LogP contribution < -0.4 is 5.73 Å². The van der Waals surface area contributed by atoms with Crippen LogP contribution >= 0.6 is 0 Å². The molecular formula is C12H14FN. The van der Waals surface area contributed by atoms with E-state index in [1.165, 1.54) is 12.1 Å². The van der Waals surface area contributed by atoms with Gasteiger partial charge in [-0.1, -0.05) is 24.3 Å². The summed E-state index contributed by atoms with van der Waals surface area (Å²) in [5, 5.41) is 0. The van der Waals surface area contributed by atoms with E-state index < -0.39 is 0 Å². The highest BCUT2D eigenvalue weighted by Crippen LogP contribution is 2.24. The van der Waals surface area contributed by atoms with Gasteiger partial charge in [-0.15, -0.1) is 0 Å². The van der Waals surface area contributed by atoms with E-state index in [0.29, 0.717) is 0 Å². The molecule has 0 radical (unpaired) electrons. The van der Waals surface area contributed by atoms with Gasteiger partial charge in [-0.2, -0.15) is 0 Å². The predicted octanol–water partition coefficient (Wildman–Crippen LogP) is 2.42. The smallest absolute Gasteiger partial charge is 0.123 e. The fraction of sp³-hybridized carbons (Fsp3) is 0.333. The number of hydrogen-bond donors (Lipinski definition) is 1. The summed E-state index contributed by atoms with van der Waals surface area (Å²) in [6.45, 7) is 0. The predicted molar refractivity (Wildman–Crippen MR) is 55.4 cm³/mol. The molecule has 1 aliphatic carbocycles. The zero-order valence-corrected chi connectivity index (χ0v) is 8.04. The fourth-order valence-electron chi connectivity index (χ4n) is 1.88. The Labute approximate surface area is 83.4 Å². The molecule has 2 heteroatoms. The van der Waals surface area contributed by atoms with Gasteiger partial charge < -0.3 is 5.73 Å². The minimum absolute atomic E-state index is 0.193. The molecule has 74 valence electrons. The van der Waals surface area contributed by atoms with Crippen molar-refractivity contribution in [3.05, 3.63) is 47.8 Å². The van der Waals surface area contributed by atoms with Crippen LogP contribution in [0.5, 0.6) is 0 Å². The second-order valence-corrected chi connectivity index (χ2v) is 3.98. The van der Waals surface area contributed by atoms with Crippen molar-refractivity contribution in [1.29, 1.82) is 0 Å². The van der Waals surface area contributed by atoms with Gasteiger partial charge in [0.05, 0.1) is 0 Å². The van der Waals surface area contributed by atoms with E-state index >= 15 is 0 Å². The molecule has 0 bridgehead atoms. The molecule has 0 heterocycles. The third-order valence-corrected chi connectivity index (χ3v) is 2.67. The first-order valence-corrected chi connectivity index (χ1v) is 4.89. The Hall–Kier alpha value is -1.15. The van der Waals surface area contributed by atoms with Gasteiger partial charge >= 0.3 is 0 Å². The number of allylic oxidation sites excluding steroid dienone is 1. The van der Waals surface area contributed by atoms with Gasteiger partial charge in [-0.25, -0.2) is 4.39 Å². The van der Waals surface area contributed by atoms with Crippen molar-refractivity contribution < 1.29 is 4.39 Å². The number of benzene rings is 1. The molecule has 2 rings (SSSR count). The van der Waals surface area contributed by atoms with Crippen molar-refractivity contribution in [3.8, 4) is 0 Å². The molecule has 0 aliphatic heterocycles. The molecule has 1 unspecified atom stereocenters. The van der Waals surface area contributed by atoms with E-state index in [9.17, 15) is 4.39 Å². The van der Waals surface area contributed by atoms with E-state index in [1.807, 2.05) is 0 Å². The Morgan fingerprint density at radius 3 is 2.57 bits per heavy atom. The Morgan fingerprint density at radius 1 is 1.29 bits per heavy atom. The summed E-state index contributed by atoms with van der Waals surface area (Å²) in [5.41, 5.74) is 7.04. The third-order valence-electron chi connectivity index (χ3n) is 2.67.